The van der Waals surface area contributed by atoms with E-state index in [-0.39, 0.29) is 12.5 Å². The minimum atomic E-state index is 0.0353. The molecule has 2 rings (SSSR count). The van der Waals surface area contributed by atoms with Crippen LogP contribution in [0.4, 0.5) is 0 Å². The Kier molecular flexibility index (Phi) is 5.31. The van der Waals surface area contributed by atoms with Gasteiger partial charge in [0.1, 0.15) is 5.75 Å². The fourth-order valence-corrected chi connectivity index (χ4v) is 3.24. The molecular weight excluding hydrogens is 272 g/mol. The molecule has 1 heterocycles. The number of benzene rings is 1. The highest BCUT2D eigenvalue weighted by atomic mass is 32.2. The molecule has 0 aliphatic carbocycles. The van der Waals surface area contributed by atoms with Gasteiger partial charge in [-0.1, -0.05) is 6.92 Å². The molecule has 0 N–H and O–H groups in total. The maximum Gasteiger partial charge on any atom is 0.260 e. The maximum absolute atomic E-state index is 12.1. The molecule has 1 unspecified atom stereocenters. The van der Waals surface area contributed by atoms with Crippen molar-refractivity contribution in [2.75, 3.05) is 25.4 Å². The Morgan fingerprint density at radius 1 is 1.50 bits per heavy atom. The number of nitriles is 1. The van der Waals surface area contributed by atoms with Gasteiger partial charge in [0, 0.05) is 24.1 Å². The highest BCUT2D eigenvalue weighted by Crippen LogP contribution is 2.21. The van der Waals surface area contributed by atoms with Crippen LogP contribution in [0.25, 0.3) is 0 Å². The summed E-state index contributed by atoms with van der Waals surface area (Å²) in [5, 5.41) is 9.26. The molecule has 0 bridgehead atoms. The average molecular weight is 290 g/mol. The van der Waals surface area contributed by atoms with Crippen molar-refractivity contribution in [2.45, 2.75) is 18.6 Å². The van der Waals surface area contributed by atoms with E-state index in [1.807, 2.05) is 22.7 Å². The predicted molar refractivity (Wildman–Crippen MR) is 79.8 cm³/mol. The summed E-state index contributed by atoms with van der Waals surface area (Å²) in [5.41, 5.74) is 0.586. The van der Waals surface area contributed by atoms with Crippen LogP contribution in [0.15, 0.2) is 24.3 Å². The summed E-state index contributed by atoms with van der Waals surface area (Å²) in [6.45, 7) is 3.83. The van der Waals surface area contributed by atoms with Crippen LogP contribution in [0.2, 0.25) is 0 Å². The summed E-state index contributed by atoms with van der Waals surface area (Å²) in [7, 11) is 0. The van der Waals surface area contributed by atoms with Gasteiger partial charge in [0.15, 0.2) is 6.61 Å². The first-order chi connectivity index (χ1) is 9.72. The van der Waals surface area contributed by atoms with Crippen molar-refractivity contribution in [1.82, 2.24) is 4.90 Å². The van der Waals surface area contributed by atoms with Gasteiger partial charge in [-0.25, -0.2) is 0 Å². The lowest BCUT2D eigenvalue weighted by Crippen LogP contribution is -2.43. The number of carbonyl (C=O) groups is 1. The minimum Gasteiger partial charge on any atom is -0.484 e. The molecule has 4 nitrogen and oxygen atoms in total. The van der Waals surface area contributed by atoms with Crippen LogP contribution in [0.3, 0.4) is 0 Å². The second-order valence-corrected chi connectivity index (χ2v) is 6.07. The number of ether oxygens (including phenoxy) is 1. The van der Waals surface area contributed by atoms with E-state index in [9.17, 15) is 4.79 Å². The minimum absolute atomic E-state index is 0.0353. The molecule has 0 aromatic heterocycles. The Morgan fingerprint density at radius 3 is 2.90 bits per heavy atom. The summed E-state index contributed by atoms with van der Waals surface area (Å²) in [5.74, 6) is 1.66. The van der Waals surface area contributed by atoms with Crippen molar-refractivity contribution in [3.63, 3.8) is 0 Å². The van der Waals surface area contributed by atoms with Crippen LogP contribution in [-0.4, -0.2) is 41.5 Å². The van der Waals surface area contributed by atoms with E-state index in [4.69, 9.17) is 10.00 Å². The molecule has 0 radical (unpaired) electrons. The monoisotopic (exact) mass is 290 g/mol. The molecule has 1 saturated heterocycles. The fraction of sp³-hybridized carbons (Fsp3) is 0.467. The smallest absolute Gasteiger partial charge is 0.260 e. The molecule has 1 atom stereocenters. The molecule has 1 aromatic rings. The van der Waals surface area contributed by atoms with Crippen LogP contribution >= 0.6 is 11.8 Å². The number of nitrogens with zero attached hydrogens (tertiary/aromatic N) is 2. The highest BCUT2D eigenvalue weighted by Gasteiger charge is 2.23. The van der Waals surface area contributed by atoms with E-state index < -0.39 is 0 Å². The molecule has 106 valence electrons. The zero-order valence-corrected chi connectivity index (χ0v) is 12.4. The fourth-order valence-electron chi connectivity index (χ4n) is 2.05. The lowest BCUT2D eigenvalue weighted by Gasteiger charge is -2.31. The van der Waals surface area contributed by atoms with Gasteiger partial charge in [-0.05, 0) is 30.7 Å². The summed E-state index contributed by atoms with van der Waals surface area (Å²) in [6, 6.07) is 8.85. The Labute approximate surface area is 123 Å². The van der Waals surface area contributed by atoms with Crippen molar-refractivity contribution in [2.24, 2.45) is 0 Å². The van der Waals surface area contributed by atoms with Gasteiger partial charge in [0.2, 0.25) is 0 Å². The van der Waals surface area contributed by atoms with E-state index in [1.165, 1.54) is 0 Å². The van der Waals surface area contributed by atoms with Gasteiger partial charge < -0.3 is 9.64 Å². The van der Waals surface area contributed by atoms with E-state index >= 15 is 0 Å². The molecule has 1 aliphatic heterocycles. The standard InChI is InChI=1S/C15H18N2O2S/c1-2-14-10-17(7-8-20-14)15(18)11-19-13-5-3-12(9-16)4-6-13/h3-6,14H,2,7-8,10-11H2,1H3. The quantitative estimate of drug-likeness (QED) is 0.854. The molecule has 0 saturated carbocycles. The molecule has 1 amide bonds. The van der Waals surface area contributed by atoms with E-state index in [2.05, 4.69) is 6.92 Å². The highest BCUT2D eigenvalue weighted by molar-refractivity contribution is 8.00. The number of amides is 1. The third-order valence-corrected chi connectivity index (χ3v) is 4.66. The zero-order valence-electron chi connectivity index (χ0n) is 11.5. The molecule has 1 aromatic carbocycles. The Bertz CT molecular complexity index is 496. The van der Waals surface area contributed by atoms with E-state index in [0.29, 0.717) is 16.6 Å². The maximum atomic E-state index is 12.1. The predicted octanol–water partition coefficient (Wildman–Crippen LogP) is 2.29. The lowest BCUT2D eigenvalue weighted by molar-refractivity contribution is -0.133. The SMILES string of the molecule is CCC1CN(C(=O)COc2ccc(C#N)cc2)CCS1. The Hall–Kier alpha value is -1.67. The van der Waals surface area contributed by atoms with Crippen LogP contribution < -0.4 is 4.74 Å². The summed E-state index contributed by atoms with van der Waals surface area (Å²) >= 11 is 1.94. The van der Waals surface area contributed by atoms with E-state index in [0.717, 1.165) is 25.3 Å². The summed E-state index contributed by atoms with van der Waals surface area (Å²) in [6.07, 6.45) is 1.09. The third kappa shape index (κ3) is 3.91. The zero-order chi connectivity index (χ0) is 14.4. The van der Waals surface area contributed by atoms with Crippen molar-refractivity contribution in [1.29, 1.82) is 5.26 Å². The average Bonchev–Trinajstić information content (AvgIpc) is 2.53. The van der Waals surface area contributed by atoms with Crippen molar-refractivity contribution in [3.8, 4) is 11.8 Å². The largest absolute Gasteiger partial charge is 0.484 e. The lowest BCUT2D eigenvalue weighted by atomic mass is 10.2. The van der Waals surface area contributed by atoms with Crippen molar-refractivity contribution in [3.05, 3.63) is 29.8 Å². The third-order valence-electron chi connectivity index (χ3n) is 3.29. The van der Waals surface area contributed by atoms with Crippen molar-refractivity contribution < 1.29 is 9.53 Å². The molecule has 5 heteroatoms. The van der Waals surface area contributed by atoms with E-state index in [1.54, 1.807) is 24.3 Å². The van der Waals surface area contributed by atoms with Gasteiger partial charge >= 0.3 is 0 Å². The summed E-state index contributed by atoms with van der Waals surface area (Å²) < 4.78 is 5.48. The Balaban J connectivity index is 1.83. The molecular formula is C15H18N2O2S. The van der Waals surface area contributed by atoms with Gasteiger partial charge in [-0.3, -0.25) is 4.79 Å². The number of hydrogen-bond donors (Lipinski definition) is 0. The Morgan fingerprint density at radius 2 is 2.25 bits per heavy atom. The van der Waals surface area contributed by atoms with Gasteiger partial charge in [0.05, 0.1) is 11.6 Å². The first-order valence-corrected chi connectivity index (χ1v) is 7.80. The van der Waals surface area contributed by atoms with Crippen LogP contribution in [0.5, 0.6) is 5.75 Å². The first-order valence-electron chi connectivity index (χ1n) is 6.75. The molecule has 20 heavy (non-hydrogen) atoms. The topological polar surface area (TPSA) is 53.3 Å². The summed E-state index contributed by atoms with van der Waals surface area (Å²) in [4.78, 5) is 14.0. The second kappa shape index (κ2) is 7.20. The van der Waals surface area contributed by atoms with Crippen LogP contribution in [0.1, 0.15) is 18.9 Å². The first kappa shape index (κ1) is 14.7. The number of thioether (sulfide) groups is 1. The normalized spacial score (nSPS) is 18.4. The number of hydrogen-bond acceptors (Lipinski definition) is 4. The molecule has 0 spiro atoms. The second-order valence-electron chi connectivity index (χ2n) is 4.67. The number of rotatable bonds is 4. The van der Waals surface area contributed by atoms with Gasteiger partial charge in [0.25, 0.3) is 5.91 Å². The number of carbonyl (C=O) groups excluding carboxylic acids is 1. The van der Waals surface area contributed by atoms with Gasteiger partial charge in [-0.2, -0.15) is 17.0 Å². The molecule has 1 fully saturated rings. The molecule has 1 aliphatic rings. The van der Waals surface area contributed by atoms with Crippen LogP contribution in [-0.2, 0) is 4.79 Å². The van der Waals surface area contributed by atoms with Gasteiger partial charge in [-0.15, -0.1) is 0 Å². The van der Waals surface area contributed by atoms with Crippen molar-refractivity contribution >= 4 is 17.7 Å². The van der Waals surface area contributed by atoms with Crippen LogP contribution in [0, 0.1) is 11.3 Å².